The summed E-state index contributed by atoms with van der Waals surface area (Å²) in [6.07, 6.45) is 9.17. The van der Waals surface area contributed by atoms with Crippen LogP contribution >= 0.6 is 0 Å². The molecule has 0 spiro atoms. The summed E-state index contributed by atoms with van der Waals surface area (Å²) in [5.41, 5.74) is 7.52. The standard InChI is InChI=1S/C28H37N3/c1-7-29(4)25-16-10-22(11-17-25)28(23-12-18-26(19-13-23)30(5)8-2)24-14-20-27(21-15-24)31(6)9-3/h10-21,25H,7-9H2,1-6H3. The predicted octanol–water partition coefficient (Wildman–Crippen LogP) is 5.85. The van der Waals surface area contributed by atoms with Gasteiger partial charge in [-0.15, -0.1) is 0 Å². The molecule has 3 heteroatoms. The molecule has 0 heterocycles. The zero-order chi connectivity index (χ0) is 22.4. The first-order valence-electron chi connectivity index (χ1n) is 11.4. The molecule has 0 saturated carbocycles. The highest BCUT2D eigenvalue weighted by Crippen LogP contribution is 2.32. The molecule has 0 saturated heterocycles. The lowest BCUT2D eigenvalue weighted by Gasteiger charge is -2.24. The maximum absolute atomic E-state index is 2.34. The molecule has 2 aromatic rings. The van der Waals surface area contributed by atoms with E-state index in [0.717, 1.165) is 19.6 Å². The maximum Gasteiger partial charge on any atom is 0.0465 e. The minimum atomic E-state index is 0.358. The van der Waals surface area contributed by atoms with Crippen LogP contribution in [0.25, 0.3) is 5.57 Å². The molecule has 31 heavy (non-hydrogen) atoms. The van der Waals surface area contributed by atoms with Crippen molar-refractivity contribution in [3.05, 3.63) is 89.5 Å². The summed E-state index contributed by atoms with van der Waals surface area (Å²) >= 11 is 0. The molecule has 3 rings (SSSR count). The van der Waals surface area contributed by atoms with E-state index in [1.54, 1.807) is 0 Å². The second-order valence-corrected chi connectivity index (χ2v) is 8.23. The van der Waals surface area contributed by atoms with Crippen molar-refractivity contribution in [1.82, 2.24) is 4.90 Å². The fraction of sp³-hybridized carbons (Fsp3) is 0.357. The van der Waals surface area contributed by atoms with E-state index in [0.29, 0.717) is 6.04 Å². The van der Waals surface area contributed by atoms with E-state index in [9.17, 15) is 0 Å². The quantitative estimate of drug-likeness (QED) is 0.536. The summed E-state index contributed by atoms with van der Waals surface area (Å²) in [6.45, 7) is 9.58. The topological polar surface area (TPSA) is 9.72 Å². The Hall–Kier alpha value is -2.78. The molecule has 0 aromatic heterocycles. The van der Waals surface area contributed by atoms with Crippen LogP contribution in [-0.2, 0) is 0 Å². The summed E-state index contributed by atoms with van der Waals surface area (Å²) in [4.78, 5) is 6.86. The van der Waals surface area contributed by atoms with Gasteiger partial charge in [-0.05, 0) is 74.0 Å². The molecule has 1 aliphatic carbocycles. The van der Waals surface area contributed by atoms with Crippen molar-refractivity contribution in [2.75, 3.05) is 50.6 Å². The summed E-state index contributed by atoms with van der Waals surface area (Å²) in [7, 11) is 6.43. The van der Waals surface area contributed by atoms with Crippen LogP contribution in [0.5, 0.6) is 0 Å². The lowest BCUT2D eigenvalue weighted by atomic mass is 9.90. The molecule has 0 aliphatic heterocycles. The van der Waals surface area contributed by atoms with Crippen molar-refractivity contribution in [1.29, 1.82) is 0 Å². The normalized spacial score (nSPS) is 15.5. The first kappa shape index (κ1) is 22.9. The van der Waals surface area contributed by atoms with Crippen LogP contribution in [-0.4, -0.2) is 51.7 Å². The number of benzene rings is 2. The van der Waals surface area contributed by atoms with Gasteiger partial charge in [-0.2, -0.15) is 0 Å². The Morgan fingerprint density at radius 2 is 1.06 bits per heavy atom. The van der Waals surface area contributed by atoms with Gasteiger partial charge in [0.1, 0.15) is 0 Å². The number of hydrogen-bond donors (Lipinski definition) is 0. The minimum absolute atomic E-state index is 0.358. The SMILES string of the molecule is CCN(C)c1ccc(C(=C2C=CC(N(C)CC)C=C2)c2ccc(N(C)CC)cc2)cc1. The van der Waals surface area contributed by atoms with Gasteiger partial charge < -0.3 is 9.80 Å². The molecule has 3 nitrogen and oxygen atoms in total. The lowest BCUT2D eigenvalue weighted by molar-refractivity contribution is 0.336. The van der Waals surface area contributed by atoms with E-state index < -0.39 is 0 Å². The van der Waals surface area contributed by atoms with Gasteiger partial charge in [0, 0.05) is 44.6 Å². The van der Waals surface area contributed by atoms with Crippen LogP contribution in [0.1, 0.15) is 31.9 Å². The van der Waals surface area contributed by atoms with Gasteiger partial charge in [0.05, 0.1) is 0 Å². The van der Waals surface area contributed by atoms with E-state index in [2.05, 4.69) is 129 Å². The molecule has 0 N–H and O–H groups in total. The van der Waals surface area contributed by atoms with Crippen molar-refractivity contribution < 1.29 is 0 Å². The van der Waals surface area contributed by atoms with Gasteiger partial charge in [0.25, 0.3) is 0 Å². The number of likely N-dealkylation sites (N-methyl/N-ethyl adjacent to an activating group) is 1. The Bertz CT molecular complexity index is 864. The average molecular weight is 416 g/mol. The Balaban J connectivity index is 2.04. The Morgan fingerprint density at radius 1 is 0.645 bits per heavy atom. The number of rotatable bonds is 8. The largest absolute Gasteiger partial charge is 0.375 e. The molecule has 164 valence electrons. The van der Waals surface area contributed by atoms with Crippen LogP contribution in [0.4, 0.5) is 11.4 Å². The molecule has 0 radical (unpaired) electrons. The van der Waals surface area contributed by atoms with Crippen LogP contribution < -0.4 is 9.80 Å². The van der Waals surface area contributed by atoms with Crippen LogP contribution in [0, 0.1) is 0 Å². The Kier molecular flexibility index (Phi) is 7.75. The maximum atomic E-state index is 2.34. The van der Waals surface area contributed by atoms with Crippen molar-refractivity contribution in [2.24, 2.45) is 0 Å². The summed E-state index contributed by atoms with van der Waals surface area (Å²) in [6, 6.07) is 18.3. The van der Waals surface area contributed by atoms with Crippen molar-refractivity contribution >= 4 is 16.9 Å². The number of anilines is 2. The van der Waals surface area contributed by atoms with Crippen LogP contribution in [0.3, 0.4) is 0 Å². The number of allylic oxidation sites excluding steroid dienone is 3. The second-order valence-electron chi connectivity index (χ2n) is 8.23. The van der Waals surface area contributed by atoms with Crippen molar-refractivity contribution in [3.63, 3.8) is 0 Å². The van der Waals surface area contributed by atoms with E-state index in [4.69, 9.17) is 0 Å². The monoisotopic (exact) mass is 415 g/mol. The molecule has 0 unspecified atom stereocenters. The highest BCUT2D eigenvalue weighted by atomic mass is 15.1. The van der Waals surface area contributed by atoms with E-state index in [1.165, 1.54) is 33.6 Å². The molecule has 2 aromatic carbocycles. The lowest BCUT2D eigenvalue weighted by Crippen LogP contribution is -2.28. The highest BCUT2D eigenvalue weighted by molar-refractivity contribution is 5.86. The van der Waals surface area contributed by atoms with Crippen LogP contribution in [0.2, 0.25) is 0 Å². The number of nitrogens with zero attached hydrogens (tertiary/aromatic N) is 3. The van der Waals surface area contributed by atoms with E-state index in [1.807, 2.05) is 0 Å². The molecule has 0 atom stereocenters. The fourth-order valence-electron chi connectivity index (χ4n) is 3.83. The molecule has 1 aliphatic rings. The second kappa shape index (κ2) is 10.5. The zero-order valence-corrected chi connectivity index (χ0v) is 20.0. The smallest absolute Gasteiger partial charge is 0.0465 e. The van der Waals surface area contributed by atoms with Crippen molar-refractivity contribution in [2.45, 2.75) is 26.8 Å². The Morgan fingerprint density at radius 3 is 1.42 bits per heavy atom. The van der Waals surface area contributed by atoms with E-state index >= 15 is 0 Å². The number of hydrogen-bond acceptors (Lipinski definition) is 3. The third kappa shape index (κ3) is 5.29. The van der Waals surface area contributed by atoms with Gasteiger partial charge in [-0.3, -0.25) is 4.90 Å². The molecule has 0 bridgehead atoms. The first-order chi connectivity index (χ1) is 15.0. The highest BCUT2D eigenvalue weighted by Gasteiger charge is 2.15. The predicted molar refractivity (Wildman–Crippen MR) is 137 cm³/mol. The summed E-state index contributed by atoms with van der Waals surface area (Å²) in [5.74, 6) is 0. The molecular formula is C28H37N3. The summed E-state index contributed by atoms with van der Waals surface area (Å²) in [5, 5.41) is 0. The fourth-order valence-corrected chi connectivity index (χ4v) is 3.83. The minimum Gasteiger partial charge on any atom is -0.375 e. The molecule has 0 amide bonds. The van der Waals surface area contributed by atoms with Gasteiger partial charge >= 0.3 is 0 Å². The average Bonchev–Trinajstić information content (AvgIpc) is 2.84. The molecular weight excluding hydrogens is 378 g/mol. The third-order valence-corrected chi connectivity index (χ3v) is 6.38. The van der Waals surface area contributed by atoms with Gasteiger partial charge in [0.2, 0.25) is 0 Å². The van der Waals surface area contributed by atoms with Gasteiger partial charge in [0.15, 0.2) is 0 Å². The summed E-state index contributed by atoms with van der Waals surface area (Å²) < 4.78 is 0. The van der Waals surface area contributed by atoms with Crippen LogP contribution in [0.15, 0.2) is 78.4 Å². The zero-order valence-electron chi connectivity index (χ0n) is 20.0. The third-order valence-electron chi connectivity index (χ3n) is 6.38. The van der Waals surface area contributed by atoms with Gasteiger partial charge in [-0.1, -0.05) is 55.5 Å². The first-order valence-corrected chi connectivity index (χ1v) is 11.4. The Labute approximate surface area is 189 Å². The van der Waals surface area contributed by atoms with Crippen molar-refractivity contribution in [3.8, 4) is 0 Å². The molecule has 0 fully saturated rings. The van der Waals surface area contributed by atoms with E-state index in [-0.39, 0.29) is 0 Å². The van der Waals surface area contributed by atoms with Gasteiger partial charge in [-0.25, -0.2) is 0 Å².